The summed E-state index contributed by atoms with van der Waals surface area (Å²) in [6, 6.07) is 4.30. The van der Waals surface area contributed by atoms with Crippen molar-refractivity contribution in [2.24, 2.45) is 5.73 Å². The Kier molecular flexibility index (Phi) is 3.48. The zero-order chi connectivity index (χ0) is 13.2. The van der Waals surface area contributed by atoms with Gasteiger partial charge in [0.1, 0.15) is 0 Å². The fourth-order valence-corrected chi connectivity index (χ4v) is 2.09. The zero-order valence-corrected chi connectivity index (χ0v) is 11.2. The number of hydrogen-bond donors (Lipinski definition) is 1. The van der Waals surface area contributed by atoms with E-state index in [1.807, 2.05) is 50.9 Å². The molecule has 1 unspecified atom stereocenters. The molecule has 2 aromatic heterocycles. The van der Waals surface area contributed by atoms with Crippen molar-refractivity contribution in [3.8, 4) is 0 Å². The van der Waals surface area contributed by atoms with Crippen LogP contribution in [-0.4, -0.2) is 20.1 Å². The number of rotatable bonds is 4. The highest BCUT2D eigenvalue weighted by atomic mass is 15.1. The molecular formula is C14H20N4. The Bertz CT molecular complexity index is 496. The fraction of sp³-hybridized carbons (Fsp3) is 0.429. The number of nitrogens with two attached hydrogens (primary N) is 1. The molecule has 0 saturated heterocycles. The van der Waals surface area contributed by atoms with Crippen LogP contribution in [0.2, 0.25) is 0 Å². The van der Waals surface area contributed by atoms with Gasteiger partial charge in [0.2, 0.25) is 0 Å². The van der Waals surface area contributed by atoms with Crippen LogP contribution in [-0.2, 0) is 6.42 Å². The van der Waals surface area contributed by atoms with Crippen molar-refractivity contribution in [3.63, 3.8) is 0 Å². The van der Waals surface area contributed by atoms with Gasteiger partial charge in [-0.3, -0.25) is 4.98 Å². The maximum atomic E-state index is 6.08. The molecule has 18 heavy (non-hydrogen) atoms. The molecule has 1 atom stereocenters. The van der Waals surface area contributed by atoms with Crippen LogP contribution in [0.15, 0.2) is 37.1 Å². The number of imidazole rings is 1. The highest BCUT2D eigenvalue weighted by Crippen LogP contribution is 2.20. The summed E-state index contributed by atoms with van der Waals surface area (Å²) in [5.74, 6) is 0. The second-order valence-electron chi connectivity index (χ2n) is 5.41. The Morgan fingerprint density at radius 1 is 1.28 bits per heavy atom. The van der Waals surface area contributed by atoms with Gasteiger partial charge in [0.05, 0.1) is 12.4 Å². The first kappa shape index (κ1) is 12.8. The molecule has 4 heteroatoms. The minimum absolute atomic E-state index is 0.226. The average molecular weight is 244 g/mol. The summed E-state index contributed by atoms with van der Waals surface area (Å²) >= 11 is 0. The van der Waals surface area contributed by atoms with E-state index in [9.17, 15) is 0 Å². The molecule has 0 radical (unpaired) electrons. The maximum Gasteiger partial charge on any atom is 0.0953 e. The standard InChI is InChI=1S/C14H20N4/c1-11(12-4-6-16-7-5-12)18-10-17-9-13(18)8-14(2,3)15/h4-7,9-11H,8,15H2,1-3H3. The quantitative estimate of drug-likeness (QED) is 0.896. The van der Waals surface area contributed by atoms with Gasteiger partial charge < -0.3 is 10.3 Å². The van der Waals surface area contributed by atoms with Crippen LogP contribution in [0, 0.1) is 0 Å². The first-order valence-corrected chi connectivity index (χ1v) is 6.17. The average Bonchev–Trinajstić information content (AvgIpc) is 2.75. The summed E-state index contributed by atoms with van der Waals surface area (Å²) in [4.78, 5) is 8.29. The SMILES string of the molecule is CC(c1ccncc1)n1cncc1CC(C)(C)N. The molecule has 96 valence electrons. The highest BCUT2D eigenvalue weighted by molar-refractivity contribution is 5.18. The van der Waals surface area contributed by atoms with Gasteiger partial charge in [-0.25, -0.2) is 4.98 Å². The van der Waals surface area contributed by atoms with Crippen molar-refractivity contribution in [1.82, 2.24) is 14.5 Å². The molecule has 2 aromatic rings. The van der Waals surface area contributed by atoms with Gasteiger partial charge in [-0.05, 0) is 38.5 Å². The lowest BCUT2D eigenvalue weighted by Crippen LogP contribution is -2.35. The molecule has 4 nitrogen and oxygen atoms in total. The second kappa shape index (κ2) is 4.90. The molecular weight excluding hydrogens is 224 g/mol. The van der Waals surface area contributed by atoms with Gasteiger partial charge >= 0.3 is 0 Å². The van der Waals surface area contributed by atoms with Crippen LogP contribution in [0.1, 0.15) is 38.1 Å². The van der Waals surface area contributed by atoms with Crippen LogP contribution < -0.4 is 5.73 Å². The Morgan fingerprint density at radius 2 is 1.94 bits per heavy atom. The third-order valence-electron chi connectivity index (χ3n) is 2.99. The number of pyridine rings is 1. The topological polar surface area (TPSA) is 56.7 Å². The Labute approximate surface area is 108 Å². The first-order chi connectivity index (χ1) is 8.47. The van der Waals surface area contributed by atoms with Crippen molar-refractivity contribution >= 4 is 0 Å². The lowest BCUT2D eigenvalue weighted by Gasteiger charge is -2.22. The summed E-state index contributed by atoms with van der Waals surface area (Å²) in [5.41, 5.74) is 8.24. The molecule has 0 aliphatic rings. The van der Waals surface area contributed by atoms with E-state index in [0.717, 1.165) is 12.1 Å². The van der Waals surface area contributed by atoms with Gasteiger partial charge in [-0.15, -0.1) is 0 Å². The minimum Gasteiger partial charge on any atom is -0.327 e. The summed E-state index contributed by atoms with van der Waals surface area (Å²) in [6.07, 6.45) is 8.20. The van der Waals surface area contributed by atoms with E-state index in [1.165, 1.54) is 5.56 Å². The van der Waals surface area contributed by atoms with Gasteiger partial charge in [0, 0.05) is 36.2 Å². The van der Waals surface area contributed by atoms with Gasteiger partial charge in [0.25, 0.3) is 0 Å². The molecule has 2 N–H and O–H groups in total. The lowest BCUT2D eigenvalue weighted by atomic mass is 10.00. The van der Waals surface area contributed by atoms with E-state index in [0.29, 0.717) is 0 Å². The van der Waals surface area contributed by atoms with Gasteiger partial charge in [-0.1, -0.05) is 0 Å². The molecule has 2 heterocycles. The number of aromatic nitrogens is 3. The molecule has 0 aliphatic heterocycles. The van der Waals surface area contributed by atoms with Crippen LogP contribution in [0.25, 0.3) is 0 Å². The third kappa shape index (κ3) is 2.96. The van der Waals surface area contributed by atoms with Crippen LogP contribution in [0.5, 0.6) is 0 Å². The van der Waals surface area contributed by atoms with E-state index >= 15 is 0 Å². The van der Waals surface area contributed by atoms with E-state index < -0.39 is 0 Å². The predicted molar refractivity (Wildman–Crippen MR) is 72.2 cm³/mol. The lowest BCUT2D eigenvalue weighted by molar-refractivity contribution is 0.485. The first-order valence-electron chi connectivity index (χ1n) is 6.17. The van der Waals surface area contributed by atoms with E-state index in [-0.39, 0.29) is 11.6 Å². The van der Waals surface area contributed by atoms with Crippen molar-refractivity contribution in [3.05, 3.63) is 48.3 Å². The van der Waals surface area contributed by atoms with Crippen molar-refractivity contribution in [2.75, 3.05) is 0 Å². The van der Waals surface area contributed by atoms with E-state index in [1.54, 1.807) is 0 Å². The highest BCUT2D eigenvalue weighted by Gasteiger charge is 2.17. The normalized spacial score (nSPS) is 13.6. The van der Waals surface area contributed by atoms with Crippen molar-refractivity contribution < 1.29 is 0 Å². The molecule has 0 aliphatic carbocycles. The molecule has 2 rings (SSSR count). The Morgan fingerprint density at radius 3 is 2.56 bits per heavy atom. The number of hydrogen-bond acceptors (Lipinski definition) is 3. The fourth-order valence-electron chi connectivity index (χ4n) is 2.09. The largest absolute Gasteiger partial charge is 0.327 e. The summed E-state index contributed by atoms with van der Waals surface area (Å²) < 4.78 is 2.17. The number of nitrogens with zero attached hydrogens (tertiary/aromatic N) is 3. The van der Waals surface area contributed by atoms with Crippen LogP contribution >= 0.6 is 0 Å². The maximum absolute atomic E-state index is 6.08. The predicted octanol–water partition coefficient (Wildman–Crippen LogP) is 2.17. The molecule has 0 saturated carbocycles. The van der Waals surface area contributed by atoms with Crippen LogP contribution in [0.3, 0.4) is 0 Å². The molecule has 0 bridgehead atoms. The zero-order valence-electron chi connectivity index (χ0n) is 11.2. The summed E-state index contributed by atoms with van der Waals surface area (Å²) in [7, 11) is 0. The molecule has 0 spiro atoms. The third-order valence-corrected chi connectivity index (χ3v) is 2.99. The molecule has 0 amide bonds. The van der Waals surface area contributed by atoms with Crippen molar-refractivity contribution in [2.45, 2.75) is 38.8 Å². The smallest absolute Gasteiger partial charge is 0.0953 e. The summed E-state index contributed by atoms with van der Waals surface area (Å²) in [6.45, 7) is 6.22. The van der Waals surface area contributed by atoms with E-state index in [4.69, 9.17) is 5.73 Å². The Hall–Kier alpha value is -1.68. The molecule has 0 aromatic carbocycles. The van der Waals surface area contributed by atoms with Crippen molar-refractivity contribution in [1.29, 1.82) is 0 Å². The monoisotopic (exact) mass is 244 g/mol. The van der Waals surface area contributed by atoms with Gasteiger partial charge in [-0.2, -0.15) is 0 Å². The molecule has 0 fully saturated rings. The van der Waals surface area contributed by atoms with Gasteiger partial charge in [0.15, 0.2) is 0 Å². The summed E-state index contributed by atoms with van der Waals surface area (Å²) in [5, 5.41) is 0. The Balaban J connectivity index is 2.27. The van der Waals surface area contributed by atoms with Crippen LogP contribution in [0.4, 0.5) is 0 Å². The minimum atomic E-state index is -0.226. The van der Waals surface area contributed by atoms with E-state index in [2.05, 4.69) is 21.5 Å². The second-order valence-corrected chi connectivity index (χ2v) is 5.41.